The molecule has 0 heterocycles. The standard InChI is InChI=1S/C11H23N3O3S/c1-11(2,14-18(3,16)17)10(15)13-9-6-4-5-8(9)7-12/h8-9,14H,4-7,12H2,1-3H3,(H,13,15). The minimum atomic E-state index is -3.42. The molecule has 0 aromatic rings. The number of rotatable bonds is 5. The second-order valence-electron chi connectivity index (χ2n) is 5.51. The summed E-state index contributed by atoms with van der Waals surface area (Å²) in [5.74, 6) is -0.0127. The van der Waals surface area contributed by atoms with Gasteiger partial charge >= 0.3 is 0 Å². The van der Waals surface area contributed by atoms with Crippen molar-refractivity contribution < 1.29 is 13.2 Å². The highest BCUT2D eigenvalue weighted by molar-refractivity contribution is 7.88. The monoisotopic (exact) mass is 277 g/mol. The first-order chi connectivity index (χ1) is 8.15. The van der Waals surface area contributed by atoms with Crippen molar-refractivity contribution in [1.29, 1.82) is 0 Å². The Balaban J connectivity index is 2.64. The molecule has 0 spiro atoms. The van der Waals surface area contributed by atoms with E-state index in [1.807, 2.05) is 0 Å². The zero-order chi connectivity index (χ0) is 14.0. The third-order valence-corrected chi connectivity index (χ3v) is 4.17. The largest absolute Gasteiger partial charge is 0.351 e. The van der Waals surface area contributed by atoms with Crippen LogP contribution >= 0.6 is 0 Å². The van der Waals surface area contributed by atoms with Gasteiger partial charge in [0.2, 0.25) is 15.9 Å². The number of carbonyl (C=O) groups is 1. The minimum absolute atomic E-state index is 0.0585. The lowest BCUT2D eigenvalue weighted by Gasteiger charge is -2.28. The molecular formula is C11H23N3O3S. The van der Waals surface area contributed by atoms with Crippen molar-refractivity contribution >= 4 is 15.9 Å². The Bertz CT molecular complexity index is 406. The van der Waals surface area contributed by atoms with Gasteiger partial charge in [-0.1, -0.05) is 6.42 Å². The Kier molecular flexibility index (Phi) is 4.74. The Labute approximate surface area is 109 Å². The van der Waals surface area contributed by atoms with Gasteiger partial charge in [0, 0.05) is 6.04 Å². The molecule has 7 heteroatoms. The Morgan fingerprint density at radius 1 is 1.39 bits per heavy atom. The Morgan fingerprint density at radius 3 is 2.50 bits per heavy atom. The van der Waals surface area contributed by atoms with Gasteiger partial charge in [0.1, 0.15) is 5.54 Å². The molecule has 2 unspecified atom stereocenters. The minimum Gasteiger partial charge on any atom is -0.351 e. The first kappa shape index (κ1) is 15.4. The molecule has 1 aliphatic rings. The van der Waals surface area contributed by atoms with Crippen molar-refractivity contribution in [1.82, 2.24) is 10.0 Å². The lowest BCUT2D eigenvalue weighted by atomic mass is 10.0. The Hall–Kier alpha value is -0.660. The van der Waals surface area contributed by atoms with E-state index in [0.29, 0.717) is 12.5 Å². The smallest absolute Gasteiger partial charge is 0.240 e. The van der Waals surface area contributed by atoms with Gasteiger partial charge in [-0.25, -0.2) is 13.1 Å². The van der Waals surface area contributed by atoms with Crippen LogP contribution < -0.4 is 15.8 Å². The average Bonchev–Trinajstić information content (AvgIpc) is 2.61. The predicted octanol–water partition coefficient (Wildman–Crippen LogP) is -0.442. The van der Waals surface area contributed by atoms with Crippen LogP contribution in [0, 0.1) is 5.92 Å². The second kappa shape index (κ2) is 5.54. The van der Waals surface area contributed by atoms with Gasteiger partial charge in [0.25, 0.3) is 0 Å². The molecule has 0 aromatic heterocycles. The summed E-state index contributed by atoms with van der Waals surface area (Å²) in [6, 6.07) is 0.0585. The lowest BCUT2D eigenvalue weighted by Crippen LogP contribution is -2.57. The predicted molar refractivity (Wildman–Crippen MR) is 70.4 cm³/mol. The SMILES string of the molecule is CC(C)(NS(C)(=O)=O)C(=O)NC1CCCC1CN. The molecule has 1 saturated carbocycles. The number of amides is 1. The van der Waals surface area contributed by atoms with E-state index in [4.69, 9.17) is 5.73 Å². The summed E-state index contributed by atoms with van der Waals surface area (Å²) in [4.78, 5) is 12.1. The zero-order valence-electron chi connectivity index (χ0n) is 11.2. The summed E-state index contributed by atoms with van der Waals surface area (Å²) >= 11 is 0. The normalized spacial score (nSPS) is 25.1. The molecule has 0 aromatic carbocycles. The van der Waals surface area contributed by atoms with Gasteiger partial charge in [-0.05, 0) is 39.2 Å². The van der Waals surface area contributed by atoms with Crippen LogP contribution in [-0.4, -0.2) is 38.7 Å². The number of carbonyl (C=O) groups excluding carboxylic acids is 1. The second-order valence-corrected chi connectivity index (χ2v) is 7.25. The van der Waals surface area contributed by atoms with E-state index in [-0.39, 0.29) is 11.9 Å². The molecule has 2 atom stereocenters. The van der Waals surface area contributed by atoms with Crippen LogP contribution in [0.15, 0.2) is 0 Å². The molecule has 6 nitrogen and oxygen atoms in total. The van der Waals surface area contributed by atoms with Crippen molar-refractivity contribution in [3.8, 4) is 0 Å². The fourth-order valence-corrected chi connectivity index (χ4v) is 3.39. The molecule has 1 fully saturated rings. The maximum atomic E-state index is 12.1. The maximum Gasteiger partial charge on any atom is 0.240 e. The van der Waals surface area contributed by atoms with Gasteiger partial charge in [-0.15, -0.1) is 0 Å². The highest BCUT2D eigenvalue weighted by Gasteiger charge is 2.35. The summed E-state index contributed by atoms with van der Waals surface area (Å²) in [5, 5.41) is 2.90. The molecule has 0 aliphatic heterocycles. The van der Waals surface area contributed by atoms with Crippen molar-refractivity contribution in [3.63, 3.8) is 0 Å². The van der Waals surface area contributed by atoms with Crippen LogP contribution in [0.1, 0.15) is 33.1 Å². The van der Waals surface area contributed by atoms with Crippen LogP contribution in [0.25, 0.3) is 0 Å². The summed E-state index contributed by atoms with van der Waals surface area (Å²) in [6.45, 7) is 3.65. The van der Waals surface area contributed by atoms with E-state index >= 15 is 0 Å². The van der Waals surface area contributed by atoms with Crippen LogP contribution in [0.3, 0.4) is 0 Å². The molecular weight excluding hydrogens is 254 g/mol. The van der Waals surface area contributed by atoms with Gasteiger partial charge < -0.3 is 11.1 Å². The number of sulfonamides is 1. The molecule has 4 N–H and O–H groups in total. The quantitative estimate of drug-likeness (QED) is 0.634. The van der Waals surface area contributed by atoms with E-state index in [1.165, 1.54) is 0 Å². The fraction of sp³-hybridized carbons (Fsp3) is 0.909. The van der Waals surface area contributed by atoms with E-state index < -0.39 is 15.6 Å². The van der Waals surface area contributed by atoms with Crippen molar-refractivity contribution in [2.45, 2.75) is 44.7 Å². The van der Waals surface area contributed by atoms with Crippen LogP contribution in [0.5, 0.6) is 0 Å². The van der Waals surface area contributed by atoms with Crippen molar-refractivity contribution in [2.75, 3.05) is 12.8 Å². The number of nitrogens with one attached hydrogen (secondary N) is 2. The van der Waals surface area contributed by atoms with E-state index in [0.717, 1.165) is 25.5 Å². The average molecular weight is 277 g/mol. The highest BCUT2D eigenvalue weighted by Crippen LogP contribution is 2.25. The molecule has 18 heavy (non-hydrogen) atoms. The van der Waals surface area contributed by atoms with Crippen molar-refractivity contribution in [2.24, 2.45) is 11.7 Å². The first-order valence-electron chi connectivity index (χ1n) is 6.15. The molecule has 0 bridgehead atoms. The number of hydrogen-bond acceptors (Lipinski definition) is 4. The van der Waals surface area contributed by atoms with E-state index in [9.17, 15) is 13.2 Å². The number of nitrogens with two attached hydrogens (primary N) is 1. The van der Waals surface area contributed by atoms with E-state index in [1.54, 1.807) is 13.8 Å². The third kappa shape index (κ3) is 4.22. The van der Waals surface area contributed by atoms with Gasteiger partial charge in [-0.2, -0.15) is 0 Å². The molecule has 0 radical (unpaired) electrons. The summed E-state index contributed by atoms with van der Waals surface area (Å²) in [7, 11) is -3.42. The molecule has 1 rings (SSSR count). The number of hydrogen-bond donors (Lipinski definition) is 3. The van der Waals surface area contributed by atoms with Crippen LogP contribution in [0.4, 0.5) is 0 Å². The lowest BCUT2D eigenvalue weighted by molar-refractivity contribution is -0.126. The van der Waals surface area contributed by atoms with Crippen LogP contribution in [-0.2, 0) is 14.8 Å². The van der Waals surface area contributed by atoms with Gasteiger partial charge in [0.15, 0.2) is 0 Å². The van der Waals surface area contributed by atoms with Gasteiger partial charge in [-0.3, -0.25) is 4.79 Å². The van der Waals surface area contributed by atoms with E-state index in [2.05, 4.69) is 10.0 Å². The van der Waals surface area contributed by atoms with Crippen molar-refractivity contribution in [3.05, 3.63) is 0 Å². The fourth-order valence-electron chi connectivity index (χ4n) is 2.37. The van der Waals surface area contributed by atoms with Gasteiger partial charge in [0.05, 0.1) is 6.26 Å². The summed E-state index contributed by atoms with van der Waals surface area (Å²) < 4.78 is 24.7. The molecule has 106 valence electrons. The van der Waals surface area contributed by atoms with Crippen LogP contribution in [0.2, 0.25) is 0 Å². The maximum absolute atomic E-state index is 12.1. The molecule has 1 amide bonds. The summed E-state index contributed by atoms with van der Waals surface area (Å²) in [5.41, 5.74) is 4.50. The summed E-state index contributed by atoms with van der Waals surface area (Å²) in [6.07, 6.45) is 4.01. The Morgan fingerprint density at radius 2 is 2.00 bits per heavy atom. The third-order valence-electron chi connectivity index (χ3n) is 3.29. The topological polar surface area (TPSA) is 101 Å². The zero-order valence-corrected chi connectivity index (χ0v) is 12.0. The molecule has 0 saturated heterocycles. The first-order valence-corrected chi connectivity index (χ1v) is 8.05. The highest BCUT2D eigenvalue weighted by atomic mass is 32.2. The molecule has 1 aliphatic carbocycles.